The Kier molecular flexibility index (Phi) is 6.30. The van der Waals surface area contributed by atoms with Crippen molar-refractivity contribution < 1.29 is 13.9 Å². The van der Waals surface area contributed by atoms with Gasteiger partial charge in [0.1, 0.15) is 17.3 Å². The molecule has 8 heteroatoms. The van der Waals surface area contributed by atoms with Crippen LogP contribution in [0.2, 0.25) is 0 Å². The molecule has 0 radical (unpaired) electrons. The zero-order valence-corrected chi connectivity index (χ0v) is 17.1. The molecule has 0 bridgehead atoms. The fourth-order valence-corrected chi connectivity index (χ4v) is 3.13. The fraction of sp³-hybridized carbons (Fsp3) is 0.350. The number of aromatic nitrogens is 3. The van der Waals surface area contributed by atoms with E-state index >= 15 is 0 Å². The lowest BCUT2D eigenvalue weighted by atomic mass is 10.2. The second-order valence-electron chi connectivity index (χ2n) is 6.47. The van der Waals surface area contributed by atoms with Crippen molar-refractivity contribution in [3.63, 3.8) is 0 Å². The van der Waals surface area contributed by atoms with Crippen molar-refractivity contribution in [2.24, 2.45) is 0 Å². The van der Waals surface area contributed by atoms with Gasteiger partial charge in [0.15, 0.2) is 10.6 Å². The molecule has 0 fully saturated rings. The molecular weight excluding hydrogens is 376 g/mol. The molecule has 0 aliphatic heterocycles. The molecule has 0 saturated heterocycles. The second kappa shape index (κ2) is 8.88. The van der Waals surface area contributed by atoms with Crippen molar-refractivity contribution >= 4 is 18.1 Å². The van der Waals surface area contributed by atoms with Crippen LogP contribution in [0.5, 0.6) is 5.75 Å². The van der Waals surface area contributed by atoms with Crippen LogP contribution in [0.25, 0.3) is 11.4 Å². The summed E-state index contributed by atoms with van der Waals surface area (Å²) in [5.41, 5.74) is 0.905. The van der Waals surface area contributed by atoms with Crippen molar-refractivity contribution in [3.05, 3.63) is 52.7 Å². The number of aromatic amines is 1. The maximum Gasteiger partial charge on any atom is 0.224 e. The number of nitrogens with zero attached hydrogens (tertiary/aromatic N) is 3. The minimum Gasteiger partial charge on any atom is -0.494 e. The van der Waals surface area contributed by atoms with Gasteiger partial charge >= 0.3 is 0 Å². The van der Waals surface area contributed by atoms with Gasteiger partial charge < -0.3 is 14.1 Å². The van der Waals surface area contributed by atoms with Gasteiger partial charge in [-0.3, -0.25) is 14.5 Å². The first-order valence-electron chi connectivity index (χ1n) is 9.15. The van der Waals surface area contributed by atoms with E-state index in [1.54, 1.807) is 11.9 Å². The number of amides is 1. The van der Waals surface area contributed by atoms with E-state index in [2.05, 4.69) is 10.2 Å². The van der Waals surface area contributed by atoms with E-state index < -0.39 is 0 Å². The maximum atomic E-state index is 12.5. The summed E-state index contributed by atoms with van der Waals surface area (Å²) in [5.74, 6) is 3.11. The van der Waals surface area contributed by atoms with Gasteiger partial charge in [0, 0.05) is 25.6 Å². The van der Waals surface area contributed by atoms with E-state index in [1.807, 2.05) is 54.8 Å². The zero-order valence-electron chi connectivity index (χ0n) is 16.3. The number of carbonyl (C=O) groups is 1. The molecule has 3 rings (SSSR count). The highest BCUT2D eigenvalue weighted by Crippen LogP contribution is 2.21. The highest BCUT2D eigenvalue weighted by molar-refractivity contribution is 7.71. The summed E-state index contributed by atoms with van der Waals surface area (Å²) in [6.45, 7) is 5.33. The first-order valence-corrected chi connectivity index (χ1v) is 9.56. The minimum atomic E-state index is 0.00907. The molecule has 0 unspecified atom stereocenters. The largest absolute Gasteiger partial charge is 0.494 e. The number of H-pyrrole nitrogens is 1. The van der Waals surface area contributed by atoms with E-state index in [0.717, 1.165) is 22.8 Å². The van der Waals surface area contributed by atoms with Gasteiger partial charge in [0.2, 0.25) is 5.91 Å². The number of carbonyl (C=O) groups excluding carboxylic acids is 1. The maximum absolute atomic E-state index is 12.5. The minimum absolute atomic E-state index is 0.00907. The predicted octanol–water partition coefficient (Wildman–Crippen LogP) is 3.96. The lowest BCUT2D eigenvalue weighted by Gasteiger charge is -2.16. The highest BCUT2D eigenvalue weighted by atomic mass is 32.1. The summed E-state index contributed by atoms with van der Waals surface area (Å²) >= 11 is 5.35. The highest BCUT2D eigenvalue weighted by Gasteiger charge is 2.14. The zero-order chi connectivity index (χ0) is 20.1. The second-order valence-corrected chi connectivity index (χ2v) is 6.86. The summed E-state index contributed by atoms with van der Waals surface area (Å²) in [6.07, 6.45) is 0.314. The molecule has 28 heavy (non-hydrogen) atoms. The van der Waals surface area contributed by atoms with Crippen LogP contribution in [0, 0.1) is 11.7 Å². The van der Waals surface area contributed by atoms with Gasteiger partial charge in [-0.15, -0.1) is 0 Å². The monoisotopic (exact) mass is 400 g/mol. The van der Waals surface area contributed by atoms with Gasteiger partial charge in [-0.1, -0.05) is 0 Å². The molecule has 2 aromatic heterocycles. The molecule has 1 aromatic carbocycles. The van der Waals surface area contributed by atoms with Crippen LogP contribution in [-0.4, -0.2) is 39.2 Å². The molecule has 148 valence electrons. The molecule has 0 saturated carbocycles. The molecule has 0 aliphatic rings. The molecule has 1 N–H and O–H groups in total. The number of benzene rings is 1. The summed E-state index contributed by atoms with van der Waals surface area (Å²) in [7, 11) is 1.77. The first kappa shape index (κ1) is 19.9. The van der Waals surface area contributed by atoms with Crippen LogP contribution in [-0.2, 0) is 17.9 Å². The number of aryl methyl sites for hydroxylation is 1. The summed E-state index contributed by atoms with van der Waals surface area (Å²) in [6, 6.07) is 11.4. The van der Waals surface area contributed by atoms with E-state index in [4.69, 9.17) is 21.4 Å². The molecular formula is C20H24N4O3S. The van der Waals surface area contributed by atoms with Crippen LogP contribution < -0.4 is 4.74 Å². The fourth-order valence-electron chi connectivity index (χ4n) is 2.90. The number of nitrogens with one attached hydrogen (secondary N) is 1. The quantitative estimate of drug-likeness (QED) is 0.579. The van der Waals surface area contributed by atoms with E-state index in [0.29, 0.717) is 36.7 Å². The lowest BCUT2D eigenvalue weighted by Crippen LogP contribution is -2.27. The summed E-state index contributed by atoms with van der Waals surface area (Å²) in [5, 5.41) is 7.14. The predicted molar refractivity (Wildman–Crippen MR) is 109 cm³/mol. The molecule has 2 heterocycles. The van der Waals surface area contributed by atoms with Crippen molar-refractivity contribution in [1.82, 2.24) is 19.7 Å². The third kappa shape index (κ3) is 4.69. The Hall–Kier alpha value is -2.87. The van der Waals surface area contributed by atoms with Gasteiger partial charge in [-0.05, 0) is 62.5 Å². The van der Waals surface area contributed by atoms with E-state index in [1.165, 1.54) is 0 Å². The molecule has 0 atom stereocenters. The average molecular weight is 401 g/mol. The van der Waals surface area contributed by atoms with Gasteiger partial charge in [0.05, 0.1) is 13.2 Å². The normalized spacial score (nSPS) is 10.8. The van der Waals surface area contributed by atoms with Crippen molar-refractivity contribution in [1.29, 1.82) is 0 Å². The van der Waals surface area contributed by atoms with Crippen molar-refractivity contribution in [2.75, 3.05) is 13.7 Å². The third-order valence-corrected chi connectivity index (χ3v) is 4.66. The van der Waals surface area contributed by atoms with E-state index in [9.17, 15) is 4.79 Å². The molecule has 7 nitrogen and oxygen atoms in total. The SMILES string of the molecule is CCOc1ccc(-c2n[nH]c(=S)n2CCC(=O)N(C)Cc2ccc(C)o2)cc1. The molecule has 0 spiro atoms. The van der Waals surface area contributed by atoms with Crippen molar-refractivity contribution in [2.45, 2.75) is 33.4 Å². The molecule has 3 aromatic rings. The van der Waals surface area contributed by atoms with Crippen LogP contribution in [0.1, 0.15) is 24.9 Å². The lowest BCUT2D eigenvalue weighted by molar-refractivity contribution is -0.130. The smallest absolute Gasteiger partial charge is 0.224 e. The number of furan rings is 1. The van der Waals surface area contributed by atoms with Crippen LogP contribution >= 0.6 is 12.2 Å². The first-order chi connectivity index (χ1) is 13.5. The van der Waals surface area contributed by atoms with Crippen LogP contribution in [0.3, 0.4) is 0 Å². The van der Waals surface area contributed by atoms with Gasteiger partial charge in [-0.25, -0.2) is 0 Å². The number of hydrogen-bond donors (Lipinski definition) is 1. The Balaban J connectivity index is 1.66. The van der Waals surface area contributed by atoms with Crippen molar-refractivity contribution in [3.8, 4) is 17.1 Å². The molecule has 1 amide bonds. The standard InChI is InChI=1S/C20H24N4O3S/c1-4-26-16-9-6-15(7-10-16)19-21-22-20(28)24(19)12-11-18(25)23(3)13-17-8-5-14(2)27-17/h5-10H,4,11-13H2,1-3H3,(H,22,28). The average Bonchev–Trinajstić information content (AvgIpc) is 3.26. The van der Waals surface area contributed by atoms with Gasteiger partial charge in [0.25, 0.3) is 0 Å². The Morgan fingerprint density at radius 2 is 2.04 bits per heavy atom. The Bertz CT molecular complexity index is 988. The van der Waals surface area contributed by atoms with E-state index in [-0.39, 0.29) is 5.91 Å². The molecule has 0 aliphatic carbocycles. The Labute approximate surface area is 168 Å². The Morgan fingerprint density at radius 1 is 1.29 bits per heavy atom. The van der Waals surface area contributed by atoms with Crippen LogP contribution in [0.4, 0.5) is 0 Å². The Morgan fingerprint density at radius 3 is 2.68 bits per heavy atom. The summed E-state index contributed by atoms with van der Waals surface area (Å²) < 4.78 is 13.3. The topological polar surface area (TPSA) is 76.3 Å². The summed E-state index contributed by atoms with van der Waals surface area (Å²) in [4.78, 5) is 14.2. The van der Waals surface area contributed by atoms with Crippen LogP contribution in [0.15, 0.2) is 40.8 Å². The third-order valence-electron chi connectivity index (χ3n) is 4.35. The number of rotatable bonds is 8. The van der Waals surface area contributed by atoms with Gasteiger partial charge in [-0.2, -0.15) is 5.10 Å². The number of hydrogen-bond acceptors (Lipinski definition) is 5. The number of ether oxygens (including phenoxy) is 1.